The van der Waals surface area contributed by atoms with Crippen molar-refractivity contribution in [2.24, 2.45) is 0 Å². The number of hydrogen-bond acceptors (Lipinski definition) is 4. The van der Waals surface area contributed by atoms with Gasteiger partial charge in [-0.05, 0) is 103 Å². The second-order valence-corrected chi connectivity index (χ2v) is 15.9. The van der Waals surface area contributed by atoms with Gasteiger partial charge < -0.3 is 19.7 Å². The summed E-state index contributed by atoms with van der Waals surface area (Å²) in [4.78, 5) is 15.2. The summed E-state index contributed by atoms with van der Waals surface area (Å²) in [6, 6.07) is 0. The smallest absolute Gasteiger partial charge is 0.222 e. The zero-order chi connectivity index (χ0) is 37.3. The van der Waals surface area contributed by atoms with Gasteiger partial charge in [0.1, 0.15) is 6.23 Å². The van der Waals surface area contributed by atoms with Gasteiger partial charge in [0, 0.05) is 26.1 Å². The van der Waals surface area contributed by atoms with Crippen LogP contribution in [0, 0.1) is 0 Å². The molecular formula is C47H90N2O3. The van der Waals surface area contributed by atoms with Crippen LogP contribution >= 0.6 is 0 Å². The monoisotopic (exact) mass is 731 g/mol. The maximum absolute atomic E-state index is 12.8. The highest BCUT2D eigenvalue weighted by Crippen LogP contribution is 2.13. The predicted molar refractivity (Wildman–Crippen MR) is 227 cm³/mol. The second-order valence-electron chi connectivity index (χ2n) is 15.9. The lowest BCUT2D eigenvalue weighted by Gasteiger charge is -2.20. The first-order chi connectivity index (χ1) is 25.8. The summed E-state index contributed by atoms with van der Waals surface area (Å²) in [7, 11) is 0. The molecule has 306 valence electrons. The van der Waals surface area contributed by atoms with Crippen molar-refractivity contribution >= 4 is 5.91 Å². The number of hydrogen-bond donors (Lipinski definition) is 1. The van der Waals surface area contributed by atoms with E-state index in [0.29, 0.717) is 13.0 Å². The van der Waals surface area contributed by atoms with E-state index in [9.17, 15) is 4.79 Å². The molecule has 0 saturated carbocycles. The maximum Gasteiger partial charge on any atom is 0.222 e. The van der Waals surface area contributed by atoms with Crippen LogP contribution in [0.5, 0.6) is 0 Å². The van der Waals surface area contributed by atoms with E-state index in [-0.39, 0.29) is 12.1 Å². The van der Waals surface area contributed by atoms with Gasteiger partial charge in [0.2, 0.25) is 5.91 Å². The first-order valence-corrected chi connectivity index (χ1v) is 23.3. The van der Waals surface area contributed by atoms with Gasteiger partial charge in [-0.1, -0.05) is 154 Å². The number of carbonyl (C=O) groups excluding carboxylic acids is 1. The second kappa shape index (κ2) is 41.0. The largest absolute Gasteiger partial charge is 0.381 e. The summed E-state index contributed by atoms with van der Waals surface area (Å²) < 4.78 is 12.2. The van der Waals surface area contributed by atoms with Crippen LogP contribution in [-0.4, -0.2) is 56.5 Å². The van der Waals surface area contributed by atoms with E-state index < -0.39 is 0 Å². The highest BCUT2D eigenvalue weighted by Gasteiger charge is 2.15. The Balaban J connectivity index is 2.08. The first-order valence-electron chi connectivity index (χ1n) is 23.3. The van der Waals surface area contributed by atoms with E-state index in [1.54, 1.807) is 0 Å². The normalized spacial score (nSPS) is 14.3. The molecule has 5 heteroatoms. The Morgan fingerprint density at radius 2 is 0.962 bits per heavy atom. The lowest BCUT2D eigenvalue weighted by molar-refractivity contribution is -0.126. The number of amides is 1. The molecular weight excluding hydrogens is 641 g/mol. The number of likely N-dealkylation sites (tertiary alicyclic amines) is 1. The van der Waals surface area contributed by atoms with Gasteiger partial charge in [-0.2, -0.15) is 0 Å². The third-order valence-corrected chi connectivity index (χ3v) is 10.7. The summed E-state index contributed by atoms with van der Waals surface area (Å²) in [6.07, 6.45) is 51.1. The minimum atomic E-state index is -0.234. The van der Waals surface area contributed by atoms with Gasteiger partial charge in [-0.3, -0.25) is 4.79 Å². The molecule has 1 atom stereocenters. The van der Waals surface area contributed by atoms with Gasteiger partial charge in [-0.15, -0.1) is 0 Å². The van der Waals surface area contributed by atoms with Crippen LogP contribution < -0.4 is 5.32 Å². The van der Waals surface area contributed by atoms with Gasteiger partial charge >= 0.3 is 0 Å². The summed E-state index contributed by atoms with van der Waals surface area (Å²) in [5, 5.41) is 3.18. The van der Waals surface area contributed by atoms with Crippen LogP contribution in [0.3, 0.4) is 0 Å². The molecule has 1 rings (SSSR count). The van der Waals surface area contributed by atoms with Crippen molar-refractivity contribution in [2.45, 2.75) is 232 Å². The highest BCUT2D eigenvalue weighted by molar-refractivity contribution is 5.76. The zero-order valence-corrected chi connectivity index (χ0v) is 35.1. The van der Waals surface area contributed by atoms with Gasteiger partial charge in [-0.25, -0.2) is 0 Å². The quantitative estimate of drug-likeness (QED) is 0.0387. The molecule has 1 heterocycles. The summed E-state index contributed by atoms with van der Waals surface area (Å²) in [6.45, 7) is 10.2. The molecule has 5 nitrogen and oxygen atoms in total. The van der Waals surface area contributed by atoms with Crippen molar-refractivity contribution < 1.29 is 14.3 Å². The number of rotatable bonds is 41. The minimum absolute atomic E-state index is 0.124. The van der Waals surface area contributed by atoms with Gasteiger partial charge in [0.05, 0.1) is 6.61 Å². The average Bonchev–Trinajstić information content (AvgIpc) is 3.67. The Morgan fingerprint density at radius 3 is 1.44 bits per heavy atom. The fourth-order valence-electron chi connectivity index (χ4n) is 7.24. The maximum atomic E-state index is 12.8. The van der Waals surface area contributed by atoms with Crippen LogP contribution in [0.15, 0.2) is 24.3 Å². The van der Waals surface area contributed by atoms with Crippen molar-refractivity contribution in [1.29, 1.82) is 0 Å². The Bertz CT molecular complexity index is 779. The predicted octanol–water partition coefficient (Wildman–Crippen LogP) is 13.8. The van der Waals surface area contributed by atoms with Crippen LogP contribution in [-0.2, 0) is 14.3 Å². The van der Waals surface area contributed by atoms with E-state index >= 15 is 0 Å². The molecule has 0 spiro atoms. The fourth-order valence-corrected chi connectivity index (χ4v) is 7.24. The Morgan fingerprint density at radius 1 is 0.538 bits per heavy atom. The number of ether oxygens (including phenoxy) is 2. The van der Waals surface area contributed by atoms with E-state index in [1.807, 2.05) is 0 Å². The molecule has 0 bridgehead atoms. The third kappa shape index (κ3) is 35.8. The number of unbranched alkanes of at least 4 members (excludes halogenated alkanes) is 24. The average molecular weight is 731 g/mol. The Labute approximate surface area is 325 Å². The molecule has 0 radical (unpaired) electrons. The number of allylic oxidation sites excluding steroid dienone is 4. The van der Waals surface area contributed by atoms with Crippen LogP contribution in [0.25, 0.3) is 0 Å². The van der Waals surface area contributed by atoms with Gasteiger partial charge in [0.25, 0.3) is 0 Å². The number of nitrogens with one attached hydrogen (secondary N) is 1. The molecule has 1 fully saturated rings. The molecule has 1 aliphatic heterocycles. The van der Waals surface area contributed by atoms with Crippen molar-refractivity contribution in [3.63, 3.8) is 0 Å². The van der Waals surface area contributed by atoms with Crippen molar-refractivity contribution in [3.8, 4) is 0 Å². The summed E-state index contributed by atoms with van der Waals surface area (Å²) >= 11 is 0. The summed E-state index contributed by atoms with van der Waals surface area (Å²) in [5.74, 6) is 0.124. The van der Waals surface area contributed by atoms with Crippen LogP contribution in [0.2, 0.25) is 0 Å². The van der Waals surface area contributed by atoms with E-state index in [0.717, 1.165) is 45.4 Å². The fraction of sp³-hybridized carbons (Fsp3) is 0.894. The Kier molecular flexibility index (Phi) is 38.5. The zero-order valence-electron chi connectivity index (χ0n) is 35.1. The molecule has 0 aliphatic carbocycles. The lowest BCUT2D eigenvalue weighted by atomic mass is 10.1. The molecule has 1 unspecified atom stereocenters. The Hall–Kier alpha value is -1.17. The van der Waals surface area contributed by atoms with Crippen LogP contribution in [0.1, 0.15) is 226 Å². The molecule has 52 heavy (non-hydrogen) atoms. The topological polar surface area (TPSA) is 50.8 Å². The molecule has 0 aromatic rings. The van der Waals surface area contributed by atoms with Crippen molar-refractivity contribution in [1.82, 2.24) is 10.2 Å². The van der Waals surface area contributed by atoms with E-state index in [1.165, 1.54) is 193 Å². The van der Waals surface area contributed by atoms with Crippen molar-refractivity contribution in [3.05, 3.63) is 24.3 Å². The first kappa shape index (κ1) is 48.8. The molecule has 1 aliphatic rings. The standard InChI is InChI=1S/C47H90N2O3/c1-3-5-7-9-11-13-15-17-19-21-23-25-27-29-31-35-43-51-45-39-47(48-46(50)38-37-42-49-40-33-34-41-49)52-44-36-32-30-28-26-24-22-20-18-16-14-12-10-8-6-4-2/h17-20,47H,3-16,21-45H2,1-2H3,(H,48,50)/b19-17-,20-18-. The molecule has 1 N–H and O–H groups in total. The molecule has 1 saturated heterocycles. The minimum Gasteiger partial charge on any atom is -0.381 e. The SMILES string of the molecule is CCCCCCCC/C=C\CCCCCCCCOCCC(NC(=O)CCCN1CCCC1)OCCCCCCCC/C=C\CCCCCCCC. The summed E-state index contributed by atoms with van der Waals surface area (Å²) in [5.41, 5.74) is 0. The highest BCUT2D eigenvalue weighted by atomic mass is 16.5. The third-order valence-electron chi connectivity index (χ3n) is 10.7. The molecule has 0 aromatic heterocycles. The van der Waals surface area contributed by atoms with Crippen molar-refractivity contribution in [2.75, 3.05) is 39.5 Å². The molecule has 1 amide bonds. The number of carbonyl (C=O) groups is 1. The van der Waals surface area contributed by atoms with Gasteiger partial charge in [0.15, 0.2) is 0 Å². The van der Waals surface area contributed by atoms with E-state index in [4.69, 9.17) is 9.47 Å². The molecule has 0 aromatic carbocycles. The van der Waals surface area contributed by atoms with Crippen LogP contribution in [0.4, 0.5) is 0 Å². The lowest BCUT2D eigenvalue weighted by Crippen LogP contribution is -2.38. The number of nitrogens with zero attached hydrogens (tertiary/aromatic N) is 1. The van der Waals surface area contributed by atoms with E-state index in [2.05, 4.69) is 48.4 Å².